The SMILES string of the molecule is CCn1ccnc1CC(N)C(CC)(CC)c1ccccc1. The van der Waals surface area contributed by atoms with E-state index in [0.29, 0.717) is 0 Å². The van der Waals surface area contributed by atoms with Gasteiger partial charge < -0.3 is 10.3 Å². The average molecular weight is 285 g/mol. The molecule has 2 rings (SSSR count). The summed E-state index contributed by atoms with van der Waals surface area (Å²) in [6.45, 7) is 7.56. The van der Waals surface area contributed by atoms with Gasteiger partial charge in [-0.05, 0) is 25.3 Å². The summed E-state index contributed by atoms with van der Waals surface area (Å²) in [7, 11) is 0. The molecule has 1 unspecified atom stereocenters. The predicted molar refractivity (Wildman–Crippen MR) is 88.3 cm³/mol. The second-order valence-electron chi connectivity index (χ2n) is 5.67. The molecule has 21 heavy (non-hydrogen) atoms. The molecule has 1 aromatic heterocycles. The Morgan fingerprint density at radius 2 is 1.81 bits per heavy atom. The highest BCUT2D eigenvalue weighted by Crippen LogP contribution is 2.35. The number of rotatable bonds is 7. The smallest absolute Gasteiger partial charge is 0.110 e. The highest BCUT2D eigenvalue weighted by Gasteiger charge is 2.35. The Kier molecular flexibility index (Phi) is 5.18. The van der Waals surface area contributed by atoms with Crippen LogP contribution < -0.4 is 5.73 Å². The number of benzene rings is 1. The van der Waals surface area contributed by atoms with E-state index in [0.717, 1.165) is 31.6 Å². The molecule has 0 bridgehead atoms. The summed E-state index contributed by atoms with van der Waals surface area (Å²) < 4.78 is 2.18. The van der Waals surface area contributed by atoms with Gasteiger partial charge in [-0.1, -0.05) is 44.2 Å². The molecule has 2 N–H and O–H groups in total. The van der Waals surface area contributed by atoms with E-state index in [1.165, 1.54) is 5.56 Å². The zero-order chi connectivity index (χ0) is 15.3. The fourth-order valence-corrected chi connectivity index (χ4v) is 3.38. The third-order valence-electron chi connectivity index (χ3n) is 4.87. The minimum absolute atomic E-state index is 0.0196. The molecule has 0 aliphatic carbocycles. The molecule has 0 aliphatic heterocycles. The van der Waals surface area contributed by atoms with E-state index >= 15 is 0 Å². The number of aryl methyl sites for hydroxylation is 1. The Labute approximate surface area is 128 Å². The van der Waals surface area contributed by atoms with E-state index < -0.39 is 0 Å². The van der Waals surface area contributed by atoms with Crippen molar-refractivity contribution in [2.24, 2.45) is 5.73 Å². The quantitative estimate of drug-likeness (QED) is 0.845. The van der Waals surface area contributed by atoms with Crippen LogP contribution in [0.3, 0.4) is 0 Å². The van der Waals surface area contributed by atoms with Gasteiger partial charge in [-0.2, -0.15) is 0 Å². The Hall–Kier alpha value is -1.61. The first-order chi connectivity index (χ1) is 10.2. The first kappa shape index (κ1) is 15.8. The van der Waals surface area contributed by atoms with Gasteiger partial charge in [0.15, 0.2) is 0 Å². The number of aromatic nitrogens is 2. The van der Waals surface area contributed by atoms with Gasteiger partial charge in [0.1, 0.15) is 5.82 Å². The van der Waals surface area contributed by atoms with Crippen molar-refractivity contribution in [3.8, 4) is 0 Å². The minimum atomic E-state index is 0.0196. The summed E-state index contributed by atoms with van der Waals surface area (Å²) in [5.74, 6) is 1.09. The number of imidazole rings is 1. The van der Waals surface area contributed by atoms with Gasteiger partial charge in [-0.15, -0.1) is 0 Å². The largest absolute Gasteiger partial charge is 0.335 e. The van der Waals surface area contributed by atoms with Crippen molar-refractivity contribution in [2.45, 2.75) is 58.0 Å². The van der Waals surface area contributed by atoms with Gasteiger partial charge in [-0.3, -0.25) is 0 Å². The number of nitrogens with zero attached hydrogens (tertiary/aromatic N) is 2. The second kappa shape index (κ2) is 6.90. The van der Waals surface area contributed by atoms with Crippen molar-refractivity contribution >= 4 is 0 Å². The second-order valence-corrected chi connectivity index (χ2v) is 5.67. The first-order valence-electron chi connectivity index (χ1n) is 7.99. The molecule has 0 amide bonds. The third kappa shape index (κ3) is 3.03. The van der Waals surface area contributed by atoms with Crippen molar-refractivity contribution in [3.05, 3.63) is 54.1 Å². The summed E-state index contributed by atoms with van der Waals surface area (Å²) in [5.41, 5.74) is 8.03. The minimum Gasteiger partial charge on any atom is -0.335 e. The maximum Gasteiger partial charge on any atom is 0.110 e. The zero-order valence-corrected chi connectivity index (χ0v) is 13.4. The molecule has 1 aromatic carbocycles. The van der Waals surface area contributed by atoms with Gasteiger partial charge in [0.2, 0.25) is 0 Å². The van der Waals surface area contributed by atoms with E-state index in [1.54, 1.807) is 0 Å². The summed E-state index contributed by atoms with van der Waals surface area (Å²) in [6, 6.07) is 10.8. The first-order valence-corrected chi connectivity index (χ1v) is 7.99. The molecule has 0 aliphatic rings. The topological polar surface area (TPSA) is 43.8 Å². The summed E-state index contributed by atoms with van der Waals surface area (Å²) in [5, 5.41) is 0. The van der Waals surface area contributed by atoms with E-state index in [9.17, 15) is 0 Å². The maximum atomic E-state index is 6.67. The third-order valence-corrected chi connectivity index (χ3v) is 4.87. The van der Waals surface area contributed by atoms with Gasteiger partial charge in [0.05, 0.1) is 0 Å². The van der Waals surface area contributed by atoms with Gasteiger partial charge >= 0.3 is 0 Å². The molecule has 3 nitrogen and oxygen atoms in total. The molecule has 0 radical (unpaired) electrons. The van der Waals surface area contributed by atoms with Crippen LogP contribution in [0.4, 0.5) is 0 Å². The van der Waals surface area contributed by atoms with Gasteiger partial charge in [-0.25, -0.2) is 4.98 Å². The standard InChI is InChI=1S/C18H27N3/c1-4-18(5-2,15-10-8-7-9-11-15)16(19)14-17-20-12-13-21(17)6-3/h7-13,16H,4-6,14,19H2,1-3H3. The molecule has 2 aromatic rings. The Bertz CT molecular complexity index is 541. The van der Waals surface area contributed by atoms with Crippen molar-refractivity contribution in [3.63, 3.8) is 0 Å². The zero-order valence-electron chi connectivity index (χ0n) is 13.4. The molecule has 0 spiro atoms. The van der Waals surface area contributed by atoms with E-state index in [1.807, 2.05) is 12.4 Å². The lowest BCUT2D eigenvalue weighted by Crippen LogP contribution is -2.46. The summed E-state index contributed by atoms with van der Waals surface area (Å²) in [6.07, 6.45) is 6.80. The lowest BCUT2D eigenvalue weighted by atomic mass is 9.69. The normalized spacial score (nSPS) is 13.3. The average Bonchev–Trinajstić information content (AvgIpc) is 2.97. The lowest BCUT2D eigenvalue weighted by Gasteiger charge is -2.38. The molecule has 0 saturated heterocycles. The number of hydrogen-bond donors (Lipinski definition) is 1. The lowest BCUT2D eigenvalue weighted by molar-refractivity contribution is 0.310. The molecule has 0 saturated carbocycles. The van der Waals surface area contributed by atoms with Crippen LogP contribution in [-0.2, 0) is 18.4 Å². The van der Waals surface area contributed by atoms with Gasteiger partial charge in [0.25, 0.3) is 0 Å². The highest BCUT2D eigenvalue weighted by atomic mass is 15.1. The van der Waals surface area contributed by atoms with Crippen molar-refractivity contribution in [1.82, 2.24) is 9.55 Å². The van der Waals surface area contributed by atoms with Crippen LogP contribution >= 0.6 is 0 Å². The van der Waals surface area contributed by atoms with Crippen LogP contribution in [0.1, 0.15) is 45.0 Å². The number of nitrogens with two attached hydrogens (primary N) is 1. The van der Waals surface area contributed by atoms with E-state index in [4.69, 9.17) is 5.73 Å². The molecule has 3 heteroatoms. The summed E-state index contributed by atoms with van der Waals surface area (Å²) >= 11 is 0. The van der Waals surface area contributed by atoms with Crippen LogP contribution in [0, 0.1) is 0 Å². The maximum absolute atomic E-state index is 6.67. The number of hydrogen-bond acceptors (Lipinski definition) is 2. The van der Waals surface area contributed by atoms with Crippen LogP contribution in [-0.4, -0.2) is 15.6 Å². The molecule has 114 valence electrons. The van der Waals surface area contributed by atoms with Gasteiger partial charge in [0, 0.05) is 36.8 Å². The summed E-state index contributed by atoms with van der Waals surface area (Å²) in [4.78, 5) is 4.49. The molecular weight excluding hydrogens is 258 g/mol. The predicted octanol–water partition coefficient (Wildman–Crippen LogP) is 3.53. The van der Waals surface area contributed by atoms with Crippen molar-refractivity contribution in [1.29, 1.82) is 0 Å². The Morgan fingerprint density at radius 1 is 1.14 bits per heavy atom. The van der Waals surface area contributed by atoms with Crippen LogP contribution in [0.25, 0.3) is 0 Å². The van der Waals surface area contributed by atoms with E-state index in [-0.39, 0.29) is 11.5 Å². The fraction of sp³-hybridized carbons (Fsp3) is 0.500. The Balaban J connectivity index is 2.30. The van der Waals surface area contributed by atoms with Crippen LogP contribution in [0.5, 0.6) is 0 Å². The molecule has 0 fully saturated rings. The van der Waals surface area contributed by atoms with Crippen molar-refractivity contribution < 1.29 is 0 Å². The molecular formula is C18H27N3. The van der Waals surface area contributed by atoms with Crippen LogP contribution in [0.15, 0.2) is 42.7 Å². The Morgan fingerprint density at radius 3 is 2.38 bits per heavy atom. The monoisotopic (exact) mass is 285 g/mol. The fourth-order valence-electron chi connectivity index (χ4n) is 3.38. The van der Waals surface area contributed by atoms with Crippen LogP contribution in [0.2, 0.25) is 0 Å². The molecule has 1 atom stereocenters. The van der Waals surface area contributed by atoms with E-state index in [2.05, 4.69) is 60.7 Å². The highest BCUT2D eigenvalue weighted by molar-refractivity contribution is 5.28. The molecule has 1 heterocycles. The van der Waals surface area contributed by atoms with Crippen molar-refractivity contribution in [2.75, 3.05) is 0 Å².